The standard InChI is InChI=1S/C16H26N2O3S/c1-13(2)12-17-7-9-18(10-8-17)22(19,20)15-5-6-16(21-4)14(3)11-15/h5-6,11,13H,7-10,12H2,1-4H3. The largest absolute Gasteiger partial charge is 0.496 e. The second-order valence-corrected chi connectivity index (χ2v) is 8.17. The first-order valence-corrected chi connectivity index (χ1v) is 9.15. The number of hydrogen-bond donors (Lipinski definition) is 0. The summed E-state index contributed by atoms with van der Waals surface area (Å²) in [7, 11) is -1.82. The van der Waals surface area contributed by atoms with Crippen LogP contribution in [0.25, 0.3) is 0 Å². The fourth-order valence-electron chi connectivity index (χ4n) is 2.83. The summed E-state index contributed by atoms with van der Waals surface area (Å²) in [5.41, 5.74) is 0.835. The molecule has 1 heterocycles. The second-order valence-electron chi connectivity index (χ2n) is 6.23. The first kappa shape index (κ1) is 17.2. The Morgan fingerprint density at radius 1 is 1.18 bits per heavy atom. The SMILES string of the molecule is COc1ccc(S(=O)(=O)N2CCN(CC(C)C)CC2)cc1C. The van der Waals surface area contributed by atoms with Crippen LogP contribution in [0, 0.1) is 12.8 Å². The number of methoxy groups -OCH3 is 1. The molecule has 0 atom stereocenters. The topological polar surface area (TPSA) is 49.9 Å². The zero-order valence-electron chi connectivity index (χ0n) is 13.9. The molecule has 0 radical (unpaired) electrons. The number of rotatable bonds is 5. The third kappa shape index (κ3) is 3.80. The predicted octanol–water partition coefficient (Wildman–Crippen LogP) is 1.97. The zero-order chi connectivity index (χ0) is 16.3. The summed E-state index contributed by atoms with van der Waals surface area (Å²) in [5.74, 6) is 1.31. The van der Waals surface area contributed by atoms with Crippen LogP contribution in [0.5, 0.6) is 5.75 Å². The van der Waals surface area contributed by atoms with E-state index in [1.807, 2.05) is 6.92 Å². The van der Waals surface area contributed by atoms with Crippen molar-refractivity contribution in [3.8, 4) is 5.75 Å². The smallest absolute Gasteiger partial charge is 0.243 e. The Hall–Kier alpha value is -1.11. The molecule has 0 aliphatic carbocycles. The Labute approximate surface area is 133 Å². The number of sulfonamides is 1. The maximum Gasteiger partial charge on any atom is 0.243 e. The van der Waals surface area contributed by atoms with E-state index in [2.05, 4.69) is 18.7 Å². The molecule has 1 fully saturated rings. The molecule has 1 aromatic rings. The molecule has 0 amide bonds. The van der Waals surface area contributed by atoms with Gasteiger partial charge in [0.25, 0.3) is 0 Å². The molecule has 0 spiro atoms. The molecule has 124 valence electrons. The molecule has 0 aromatic heterocycles. The predicted molar refractivity (Wildman–Crippen MR) is 87.8 cm³/mol. The fraction of sp³-hybridized carbons (Fsp3) is 0.625. The van der Waals surface area contributed by atoms with E-state index in [9.17, 15) is 8.42 Å². The highest BCUT2D eigenvalue weighted by atomic mass is 32.2. The average molecular weight is 326 g/mol. The number of benzene rings is 1. The van der Waals surface area contributed by atoms with Crippen LogP contribution >= 0.6 is 0 Å². The van der Waals surface area contributed by atoms with E-state index in [-0.39, 0.29) is 0 Å². The van der Waals surface area contributed by atoms with Crippen molar-refractivity contribution in [3.05, 3.63) is 23.8 Å². The molecule has 6 heteroatoms. The van der Waals surface area contributed by atoms with Gasteiger partial charge in [0.2, 0.25) is 10.0 Å². The van der Waals surface area contributed by atoms with Gasteiger partial charge in [0.1, 0.15) is 5.75 Å². The molecule has 0 N–H and O–H groups in total. The lowest BCUT2D eigenvalue weighted by Crippen LogP contribution is -2.49. The van der Waals surface area contributed by atoms with Crippen molar-refractivity contribution in [1.29, 1.82) is 0 Å². The monoisotopic (exact) mass is 326 g/mol. The highest BCUT2D eigenvalue weighted by molar-refractivity contribution is 7.89. The van der Waals surface area contributed by atoms with Crippen molar-refractivity contribution in [2.75, 3.05) is 39.8 Å². The van der Waals surface area contributed by atoms with Crippen molar-refractivity contribution >= 4 is 10.0 Å². The summed E-state index contributed by atoms with van der Waals surface area (Å²) in [4.78, 5) is 2.68. The lowest BCUT2D eigenvalue weighted by molar-refractivity contribution is 0.172. The van der Waals surface area contributed by atoms with Crippen LogP contribution in [-0.4, -0.2) is 57.5 Å². The molecule has 1 aliphatic heterocycles. The van der Waals surface area contributed by atoms with Crippen LogP contribution in [0.2, 0.25) is 0 Å². The Morgan fingerprint density at radius 2 is 1.82 bits per heavy atom. The summed E-state index contributed by atoms with van der Waals surface area (Å²) < 4.78 is 32.3. The van der Waals surface area contributed by atoms with E-state index in [0.29, 0.717) is 29.7 Å². The van der Waals surface area contributed by atoms with E-state index in [1.54, 1.807) is 29.6 Å². The van der Waals surface area contributed by atoms with Gasteiger partial charge in [-0.05, 0) is 36.6 Å². The van der Waals surface area contributed by atoms with Crippen LogP contribution < -0.4 is 4.74 Å². The number of piperazine rings is 1. The minimum atomic E-state index is -3.41. The lowest BCUT2D eigenvalue weighted by Gasteiger charge is -2.34. The lowest BCUT2D eigenvalue weighted by atomic mass is 10.2. The molecule has 1 saturated heterocycles. The summed E-state index contributed by atoms with van der Waals surface area (Å²) in [6.07, 6.45) is 0. The van der Waals surface area contributed by atoms with Crippen LogP contribution in [0.1, 0.15) is 19.4 Å². The van der Waals surface area contributed by atoms with Gasteiger partial charge in [0.15, 0.2) is 0 Å². The van der Waals surface area contributed by atoms with E-state index in [0.717, 1.165) is 25.2 Å². The van der Waals surface area contributed by atoms with Gasteiger partial charge in [-0.1, -0.05) is 13.8 Å². The van der Waals surface area contributed by atoms with Crippen molar-refractivity contribution in [2.24, 2.45) is 5.92 Å². The van der Waals surface area contributed by atoms with Crippen LogP contribution in [0.15, 0.2) is 23.1 Å². The van der Waals surface area contributed by atoms with E-state index in [4.69, 9.17) is 4.74 Å². The fourth-order valence-corrected chi connectivity index (χ4v) is 4.34. The first-order valence-electron chi connectivity index (χ1n) is 7.71. The molecular formula is C16H26N2O3S. The first-order chi connectivity index (χ1) is 10.3. The van der Waals surface area contributed by atoms with Gasteiger partial charge >= 0.3 is 0 Å². The average Bonchev–Trinajstić information content (AvgIpc) is 2.47. The van der Waals surface area contributed by atoms with E-state index >= 15 is 0 Å². The number of hydrogen-bond acceptors (Lipinski definition) is 4. The number of nitrogens with zero attached hydrogens (tertiary/aromatic N) is 2. The minimum Gasteiger partial charge on any atom is -0.496 e. The molecule has 0 bridgehead atoms. The van der Waals surface area contributed by atoms with Gasteiger partial charge in [0.05, 0.1) is 12.0 Å². The summed E-state index contributed by atoms with van der Waals surface area (Å²) in [6.45, 7) is 9.96. The highest BCUT2D eigenvalue weighted by Crippen LogP contribution is 2.24. The van der Waals surface area contributed by atoms with Crippen LogP contribution in [-0.2, 0) is 10.0 Å². The molecule has 1 aliphatic rings. The Balaban J connectivity index is 2.10. The van der Waals surface area contributed by atoms with Gasteiger partial charge in [-0.15, -0.1) is 0 Å². The molecular weight excluding hydrogens is 300 g/mol. The highest BCUT2D eigenvalue weighted by Gasteiger charge is 2.28. The number of ether oxygens (including phenoxy) is 1. The van der Waals surface area contributed by atoms with Gasteiger partial charge in [-0.2, -0.15) is 4.31 Å². The maximum atomic E-state index is 12.7. The van der Waals surface area contributed by atoms with Gasteiger partial charge < -0.3 is 9.64 Å². The molecule has 2 rings (SSSR count). The van der Waals surface area contributed by atoms with Gasteiger partial charge in [-0.3, -0.25) is 0 Å². The minimum absolute atomic E-state index is 0.350. The normalized spacial score (nSPS) is 17.9. The molecule has 1 aromatic carbocycles. The maximum absolute atomic E-state index is 12.7. The van der Waals surface area contributed by atoms with Crippen LogP contribution in [0.3, 0.4) is 0 Å². The van der Waals surface area contributed by atoms with Crippen molar-refractivity contribution in [1.82, 2.24) is 9.21 Å². The molecule has 0 unspecified atom stereocenters. The summed E-state index contributed by atoms with van der Waals surface area (Å²) in [6, 6.07) is 5.04. The van der Waals surface area contributed by atoms with Crippen molar-refractivity contribution < 1.29 is 13.2 Å². The Kier molecular flexibility index (Phi) is 5.47. The summed E-state index contributed by atoms with van der Waals surface area (Å²) >= 11 is 0. The van der Waals surface area contributed by atoms with Crippen molar-refractivity contribution in [3.63, 3.8) is 0 Å². The molecule has 22 heavy (non-hydrogen) atoms. The molecule has 5 nitrogen and oxygen atoms in total. The molecule has 0 saturated carbocycles. The van der Waals surface area contributed by atoms with Crippen molar-refractivity contribution in [2.45, 2.75) is 25.7 Å². The van der Waals surface area contributed by atoms with Gasteiger partial charge in [0, 0.05) is 32.7 Å². The number of aryl methyl sites for hydroxylation is 1. The third-order valence-corrected chi connectivity index (χ3v) is 5.85. The second kappa shape index (κ2) is 6.98. The van der Waals surface area contributed by atoms with Crippen LogP contribution in [0.4, 0.5) is 0 Å². The Bertz CT molecular complexity index is 606. The quantitative estimate of drug-likeness (QED) is 0.830. The Morgan fingerprint density at radius 3 is 2.32 bits per heavy atom. The summed E-state index contributed by atoms with van der Waals surface area (Å²) in [5, 5.41) is 0. The van der Waals surface area contributed by atoms with E-state index in [1.165, 1.54) is 0 Å². The van der Waals surface area contributed by atoms with Gasteiger partial charge in [-0.25, -0.2) is 8.42 Å². The van der Waals surface area contributed by atoms with E-state index < -0.39 is 10.0 Å². The zero-order valence-corrected chi connectivity index (χ0v) is 14.7. The third-order valence-electron chi connectivity index (χ3n) is 3.96.